The summed E-state index contributed by atoms with van der Waals surface area (Å²) in [5.74, 6) is 1.11. The Morgan fingerprint density at radius 1 is 1.12 bits per heavy atom. The summed E-state index contributed by atoms with van der Waals surface area (Å²) >= 11 is 0. The molecule has 2 aromatic rings. The maximum absolute atomic E-state index is 12.6. The summed E-state index contributed by atoms with van der Waals surface area (Å²) in [7, 11) is 3.16. The van der Waals surface area contributed by atoms with Crippen LogP contribution in [0.4, 0.5) is 0 Å². The fraction of sp³-hybridized carbons (Fsp3) is 0.381. The van der Waals surface area contributed by atoms with E-state index in [1.54, 1.807) is 32.4 Å². The molecule has 1 fully saturated rings. The van der Waals surface area contributed by atoms with Gasteiger partial charge in [0.15, 0.2) is 11.5 Å². The molecule has 138 valence electrons. The van der Waals surface area contributed by atoms with E-state index in [-0.39, 0.29) is 11.9 Å². The average molecular weight is 354 g/mol. The van der Waals surface area contributed by atoms with Crippen molar-refractivity contribution in [3.05, 3.63) is 59.7 Å². The van der Waals surface area contributed by atoms with Crippen molar-refractivity contribution in [3.8, 4) is 11.5 Å². The van der Waals surface area contributed by atoms with Gasteiger partial charge in [0, 0.05) is 24.7 Å². The summed E-state index contributed by atoms with van der Waals surface area (Å²) in [6.45, 7) is 2.86. The second-order valence-corrected chi connectivity index (χ2v) is 6.60. The number of hydrogen-bond donors (Lipinski definition) is 1. The number of amides is 1. The molecule has 1 heterocycles. The molecule has 3 rings (SSSR count). The zero-order valence-corrected chi connectivity index (χ0v) is 15.4. The fourth-order valence-corrected chi connectivity index (χ4v) is 3.40. The van der Waals surface area contributed by atoms with Crippen LogP contribution in [0.2, 0.25) is 0 Å². The maximum atomic E-state index is 12.6. The standard InChI is InChI=1S/C21H26N2O3/c1-25-19-11-10-17(13-20(19)26-2)21(24)22-18-9-6-12-23(15-18)14-16-7-4-3-5-8-16/h3-5,7-8,10-11,13,18H,6,9,12,14-15H2,1-2H3,(H,22,24)/t18-/m0/s1. The third kappa shape index (κ3) is 4.55. The lowest BCUT2D eigenvalue weighted by Gasteiger charge is -2.33. The number of ether oxygens (including phenoxy) is 2. The Bertz CT molecular complexity index is 733. The molecule has 26 heavy (non-hydrogen) atoms. The van der Waals surface area contributed by atoms with E-state index in [2.05, 4.69) is 34.5 Å². The fourth-order valence-electron chi connectivity index (χ4n) is 3.40. The first-order valence-electron chi connectivity index (χ1n) is 8.98. The molecule has 1 amide bonds. The molecule has 0 aromatic heterocycles. The van der Waals surface area contributed by atoms with E-state index < -0.39 is 0 Å². The number of nitrogens with one attached hydrogen (secondary N) is 1. The van der Waals surface area contributed by atoms with Crippen molar-refractivity contribution in [3.63, 3.8) is 0 Å². The van der Waals surface area contributed by atoms with E-state index in [1.165, 1.54) is 5.56 Å². The van der Waals surface area contributed by atoms with Gasteiger partial charge in [0.25, 0.3) is 5.91 Å². The van der Waals surface area contributed by atoms with Gasteiger partial charge in [0.05, 0.1) is 14.2 Å². The molecule has 1 saturated heterocycles. The van der Waals surface area contributed by atoms with Gasteiger partial charge in [-0.1, -0.05) is 30.3 Å². The largest absolute Gasteiger partial charge is 0.493 e. The third-order valence-corrected chi connectivity index (χ3v) is 4.74. The van der Waals surface area contributed by atoms with E-state index in [0.717, 1.165) is 32.5 Å². The van der Waals surface area contributed by atoms with E-state index in [9.17, 15) is 4.79 Å². The summed E-state index contributed by atoms with van der Waals surface area (Å²) in [6, 6.07) is 15.9. The number of rotatable bonds is 6. The number of benzene rings is 2. The minimum absolute atomic E-state index is 0.0717. The lowest BCUT2D eigenvalue weighted by atomic mass is 10.0. The van der Waals surface area contributed by atoms with Crippen molar-refractivity contribution >= 4 is 5.91 Å². The molecule has 0 bridgehead atoms. The second kappa shape index (κ2) is 8.72. The van der Waals surface area contributed by atoms with Crippen LogP contribution < -0.4 is 14.8 Å². The van der Waals surface area contributed by atoms with E-state index >= 15 is 0 Å². The monoisotopic (exact) mass is 354 g/mol. The summed E-state index contributed by atoms with van der Waals surface area (Å²) < 4.78 is 10.5. The molecular formula is C21H26N2O3. The van der Waals surface area contributed by atoms with Crippen LogP contribution in [0.1, 0.15) is 28.8 Å². The Hall–Kier alpha value is -2.53. The van der Waals surface area contributed by atoms with Crippen molar-refractivity contribution in [2.24, 2.45) is 0 Å². The number of carbonyl (C=O) groups excluding carboxylic acids is 1. The van der Waals surface area contributed by atoms with E-state index in [1.807, 2.05) is 6.07 Å². The van der Waals surface area contributed by atoms with Gasteiger partial charge in [-0.3, -0.25) is 9.69 Å². The van der Waals surface area contributed by atoms with Crippen molar-refractivity contribution in [2.45, 2.75) is 25.4 Å². The van der Waals surface area contributed by atoms with Crippen molar-refractivity contribution < 1.29 is 14.3 Å². The highest BCUT2D eigenvalue weighted by Gasteiger charge is 2.22. The molecule has 1 N–H and O–H groups in total. The Kier molecular flexibility index (Phi) is 6.12. The van der Waals surface area contributed by atoms with Crippen molar-refractivity contribution in [1.29, 1.82) is 0 Å². The highest BCUT2D eigenvalue weighted by atomic mass is 16.5. The third-order valence-electron chi connectivity index (χ3n) is 4.74. The average Bonchev–Trinajstić information content (AvgIpc) is 2.68. The van der Waals surface area contributed by atoms with Gasteiger partial charge in [-0.05, 0) is 43.1 Å². The van der Waals surface area contributed by atoms with Crippen LogP contribution in [0.3, 0.4) is 0 Å². The molecular weight excluding hydrogens is 328 g/mol. The quantitative estimate of drug-likeness (QED) is 0.866. The molecule has 1 atom stereocenters. The first kappa shape index (κ1) is 18.3. The highest BCUT2D eigenvalue weighted by molar-refractivity contribution is 5.95. The van der Waals surface area contributed by atoms with Gasteiger partial charge in [0.2, 0.25) is 0 Å². The minimum Gasteiger partial charge on any atom is -0.493 e. The van der Waals surface area contributed by atoms with Crippen LogP contribution >= 0.6 is 0 Å². The molecule has 0 radical (unpaired) electrons. The van der Waals surface area contributed by atoms with Crippen molar-refractivity contribution in [1.82, 2.24) is 10.2 Å². The van der Waals surface area contributed by atoms with Gasteiger partial charge < -0.3 is 14.8 Å². The molecule has 1 aliphatic heterocycles. The highest BCUT2D eigenvalue weighted by Crippen LogP contribution is 2.27. The minimum atomic E-state index is -0.0717. The summed E-state index contributed by atoms with van der Waals surface area (Å²) in [6.07, 6.45) is 2.09. The number of nitrogens with zero attached hydrogens (tertiary/aromatic N) is 1. The topological polar surface area (TPSA) is 50.8 Å². The van der Waals surface area contributed by atoms with Crippen molar-refractivity contribution in [2.75, 3.05) is 27.3 Å². The maximum Gasteiger partial charge on any atom is 0.251 e. The van der Waals surface area contributed by atoms with Gasteiger partial charge in [-0.15, -0.1) is 0 Å². The van der Waals surface area contributed by atoms with Crippen LogP contribution in [0, 0.1) is 0 Å². The summed E-state index contributed by atoms with van der Waals surface area (Å²) in [4.78, 5) is 15.0. The zero-order chi connectivity index (χ0) is 18.4. The van der Waals surface area contributed by atoms with Crippen LogP contribution in [0.25, 0.3) is 0 Å². The van der Waals surface area contributed by atoms with Gasteiger partial charge >= 0.3 is 0 Å². The van der Waals surface area contributed by atoms with Gasteiger partial charge in [-0.25, -0.2) is 0 Å². The number of likely N-dealkylation sites (tertiary alicyclic amines) is 1. The molecule has 5 heteroatoms. The smallest absolute Gasteiger partial charge is 0.251 e. The molecule has 0 unspecified atom stereocenters. The Labute approximate surface area is 154 Å². The zero-order valence-electron chi connectivity index (χ0n) is 15.4. The van der Waals surface area contributed by atoms with Gasteiger partial charge in [-0.2, -0.15) is 0 Å². The first-order valence-corrected chi connectivity index (χ1v) is 8.98. The molecule has 0 aliphatic carbocycles. The van der Waals surface area contributed by atoms with Crippen LogP contribution in [-0.4, -0.2) is 44.2 Å². The van der Waals surface area contributed by atoms with Gasteiger partial charge in [0.1, 0.15) is 0 Å². The predicted molar refractivity (Wildman–Crippen MR) is 102 cm³/mol. The number of piperidine rings is 1. The van der Waals surface area contributed by atoms with Crippen LogP contribution in [0.15, 0.2) is 48.5 Å². The predicted octanol–water partition coefficient (Wildman–Crippen LogP) is 3.10. The summed E-state index contributed by atoms with van der Waals surface area (Å²) in [5.41, 5.74) is 1.89. The Balaban J connectivity index is 1.60. The molecule has 5 nitrogen and oxygen atoms in total. The van der Waals surface area contributed by atoms with E-state index in [0.29, 0.717) is 17.1 Å². The van der Waals surface area contributed by atoms with E-state index in [4.69, 9.17) is 9.47 Å². The molecule has 0 spiro atoms. The summed E-state index contributed by atoms with van der Waals surface area (Å²) in [5, 5.41) is 3.16. The number of hydrogen-bond acceptors (Lipinski definition) is 4. The van der Waals surface area contributed by atoms with Crippen LogP contribution in [0.5, 0.6) is 11.5 Å². The lowest BCUT2D eigenvalue weighted by molar-refractivity contribution is 0.0900. The molecule has 1 aliphatic rings. The normalized spacial score (nSPS) is 17.5. The molecule has 0 saturated carbocycles. The Morgan fingerprint density at radius 3 is 2.62 bits per heavy atom. The Morgan fingerprint density at radius 2 is 1.88 bits per heavy atom. The SMILES string of the molecule is COc1ccc(C(=O)N[C@H]2CCCN(Cc3ccccc3)C2)cc1OC. The molecule has 2 aromatic carbocycles. The second-order valence-electron chi connectivity index (χ2n) is 6.60. The lowest BCUT2D eigenvalue weighted by Crippen LogP contribution is -2.47. The van der Waals surface area contributed by atoms with Crippen LogP contribution in [-0.2, 0) is 6.54 Å². The number of carbonyl (C=O) groups is 1. The first-order chi connectivity index (χ1) is 12.7. The number of methoxy groups -OCH3 is 2.